The number of rotatable bonds is 5. The van der Waals surface area contributed by atoms with Gasteiger partial charge in [0.2, 0.25) is 0 Å². The minimum atomic E-state index is 0.0693. The highest BCUT2D eigenvalue weighted by Gasteiger charge is 2.21. The summed E-state index contributed by atoms with van der Waals surface area (Å²) in [5.41, 5.74) is 2.79. The Labute approximate surface area is 92.0 Å². The summed E-state index contributed by atoms with van der Waals surface area (Å²) in [5.74, 6) is 1.31. The topological polar surface area (TPSA) is 29.5 Å². The van der Waals surface area contributed by atoms with Crippen LogP contribution in [0.15, 0.2) is 35.6 Å². The number of aliphatic hydroxyl groups is 1. The molecule has 0 saturated carbocycles. The van der Waals surface area contributed by atoms with Crippen LogP contribution in [0.5, 0.6) is 0 Å². The predicted molar refractivity (Wildman–Crippen MR) is 62.4 cm³/mol. The molecule has 0 spiro atoms. The monoisotopic (exact) mass is 208 g/mol. The van der Waals surface area contributed by atoms with Crippen LogP contribution in [-0.4, -0.2) is 18.3 Å². The van der Waals surface area contributed by atoms with Crippen molar-refractivity contribution < 1.29 is 9.84 Å². The summed E-state index contributed by atoms with van der Waals surface area (Å²) in [5, 5.41) is 8.75. The summed E-state index contributed by atoms with van der Waals surface area (Å²) >= 11 is 0. The molecule has 2 heteroatoms. The first-order valence-corrected chi connectivity index (χ1v) is 5.41. The average Bonchev–Trinajstić information content (AvgIpc) is 2.24. The molecule has 2 nitrogen and oxygen atoms in total. The van der Waals surface area contributed by atoms with Gasteiger partial charge in [-0.15, -0.1) is 6.58 Å². The third-order valence-corrected chi connectivity index (χ3v) is 2.91. The lowest BCUT2D eigenvalue weighted by Gasteiger charge is -2.26. The molecule has 1 N–H and O–H groups in total. The molecule has 1 aliphatic carbocycles. The van der Waals surface area contributed by atoms with Crippen LogP contribution < -0.4 is 0 Å². The smallest absolute Gasteiger partial charge is 0.111 e. The molecule has 0 saturated heterocycles. The lowest BCUT2D eigenvalue weighted by atomic mass is 9.86. The van der Waals surface area contributed by atoms with E-state index in [0.29, 0.717) is 12.5 Å². The Bertz CT molecular complexity index is 287. The van der Waals surface area contributed by atoms with Crippen LogP contribution in [0.25, 0.3) is 0 Å². The molecular weight excluding hydrogens is 188 g/mol. The Morgan fingerprint density at radius 1 is 1.60 bits per heavy atom. The van der Waals surface area contributed by atoms with Gasteiger partial charge in [-0.1, -0.05) is 17.2 Å². The maximum atomic E-state index is 8.75. The third-order valence-electron chi connectivity index (χ3n) is 2.91. The first kappa shape index (κ1) is 12.1. The highest BCUT2D eigenvalue weighted by Crippen LogP contribution is 2.33. The van der Waals surface area contributed by atoms with Gasteiger partial charge in [0.05, 0.1) is 12.4 Å². The Hall–Kier alpha value is -1.02. The van der Waals surface area contributed by atoms with Crippen molar-refractivity contribution >= 4 is 0 Å². The van der Waals surface area contributed by atoms with Crippen LogP contribution in [0.4, 0.5) is 0 Å². The molecule has 1 atom stereocenters. The molecule has 1 rings (SSSR count). The first-order valence-electron chi connectivity index (χ1n) is 5.41. The molecule has 0 bridgehead atoms. The fraction of sp³-hybridized carbons (Fsp3) is 0.538. The van der Waals surface area contributed by atoms with Gasteiger partial charge in [0.25, 0.3) is 0 Å². The van der Waals surface area contributed by atoms with E-state index in [0.717, 1.165) is 18.6 Å². The predicted octanol–water partition coefficient (Wildman–Crippen LogP) is 2.81. The molecule has 0 fully saturated rings. The van der Waals surface area contributed by atoms with Crippen LogP contribution in [0.3, 0.4) is 0 Å². The van der Waals surface area contributed by atoms with Crippen molar-refractivity contribution in [2.45, 2.75) is 26.7 Å². The van der Waals surface area contributed by atoms with Crippen LogP contribution >= 0.6 is 0 Å². The van der Waals surface area contributed by atoms with E-state index in [4.69, 9.17) is 9.84 Å². The van der Waals surface area contributed by atoms with Crippen molar-refractivity contribution in [1.29, 1.82) is 0 Å². The normalized spacial score (nSPS) is 21.3. The number of aliphatic hydroxyl groups excluding tert-OH is 1. The summed E-state index contributed by atoms with van der Waals surface area (Å²) < 4.78 is 5.55. The van der Waals surface area contributed by atoms with E-state index in [2.05, 4.69) is 26.5 Å². The third kappa shape index (κ3) is 2.96. The van der Waals surface area contributed by atoms with Crippen LogP contribution in [0.1, 0.15) is 26.7 Å². The Kier molecular flexibility index (Phi) is 4.63. The zero-order valence-corrected chi connectivity index (χ0v) is 9.62. The van der Waals surface area contributed by atoms with Crippen molar-refractivity contribution in [3.8, 4) is 0 Å². The number of hydrogen-bond acceptors (Lipinski definition) is 2. The summed E-state index contributed by atoms with van der Waals surface area (Å²) in [6, 6.07) is 0. The van der Waals surface area contributed by atoms with Crippen molar-refractivity contribution in [3.05, 3.63) is 35.6 Å². The highest BCUT2D eigenvalue weighted by atomic mass is 16.5. The van der Waals surface area contributed by atoms with E-state index in [1.807, 2.05) is 6.08 Å². The minimum Gasteiger partial charge on any atom is -0.495 e. The number of hydrogen-bond donors (Lipinski definition) is 1. The van der Waals surface area contributed by atoms with Gasteiger partial charge in [-0.05, 0) is 32.8 Å². The molecule has 0 aromatic rings. The average molecular weight is 208 g/mol. The molecule has 0 radical (unpaired) electrons. The van der Waals surface area contributed by atoms with Gasteiger partial charge in [0.15, 0.2) is 0 Å². The highest BCUT2D eigenvalue weighted by molar-refractivity contribution is 5.28. The quantitative estimate of drug-likeness (QED) is 0.704. The summed E-state index contributed by atoms with van der Waals surface area (Å²) in [4.78, 5) is 0. The lowest BCUT2D eigenvalue weighted by molar-refractivity contribution is 0.128. The van der Waals surface area contributed by atoms with Crippen molar-refractivity contribution in [2.75, 3.05) is 13.2 Å². The molecule has 0 amide bonds. The molecular formula is C13H20O2. The summed E-state index contributed by atoms with van der Waals surface area (Å²) in [7, 11) is 0. The van der Waals surface area contributed by atoms with Crippen molar-refractivity contribution in [2.24, 2.45) is 5.92 Å². The fourth-order valence-corrected chi connectivity index (χ4v) is 1.85. The zero-order valence-electron chi connectivity index (χ0n) is 9.62. The van der Waals surface area contributed by atoms with E-state index in [1.165, 1.54) is 11.1 Å². The maximum absolute atomic E-state index is 8.75. The molecule has 1 unspecified atom stereocenters. The summed E-state index contributed by atoms with van der Waals surface area (Å²) in [6.07, 6.45) is 5.90. The van der Waals surface area contributed by atoms with Gasteiger partial charge in [0.1, 0.15) is 6.61 Å². The van der Waals surface area contributed by atoms with Gasteiger partial charge < -0.3 is 9.84 Å². The van der Waals surface area contributed by atoms with E-state index in [-0.39, 0.29) is 6.61 Å². The molecule has 15 heavy (non-hydrogen) atoms. The van der Waals surface area contributed by atoms with E-state index in [1.54, 1.807) is 0 Å². The minimum absolute atomic E-state index is 0.0693. The molecule has 0 aliphatic heterocycles. The number of allylic oxidation sites excluding steroid dienone is 4. The molecule has 1 aliphatic rings. The zero-order chi connectivity index (χ0) is 11.3. The Balaban J connectivity index is 2.74. The van der Waals surface area contributed by atoms with Crippen LogP contribution in [0.2, 0.25) is 0 Å². The van der Waals surface area contributed by atoms with Gasteiger partial charge in [-0.3, -0.25) is 0 Å². The number of ether oxygens (including phenoxy) is 1. The molecule has 0 heterocycles. The lowest BCUT2D eigenvalue weighted by Crippen LogP contribution is -2.15. The van der Waals surface area contributed by atoms with Crippen LogP contribution in [-0.2, 0) is 4.74 Å². The van der Waals surface area contributed by atoms with Gasteiger partial charge in [-0.2, -0.15) is 0 Å². The van der Waals surface area contributed by atoms with Gasteiger partial charge >= 0.3 is 0 Å². The fourth-order valence-electron chi connectivity index (χ4n) is 1.85. The second-order valence-corrected chi connectivity index (χ2v) is 3.92. The molecule has 0 aromatic carbocycles. The first-order chi connectivity index (χ1) is 7.20. The standard InChI is InChI=1S/C13H20O2/c1-4-5-12-11(3)10(2)6-7-13(12)15-9-8-14/h4,7,12,14H,1,5-6,8-9H2,2-3H3. The van der Waals surface area contributed by atoms with E-state index >= 15 is 0 Å². The van der Waals surface area contributed by atoms with Crippen molar-refractivity contribution in [1.82, 2.24) is 0 Å². The Morgan fingerprint density at radius 2 is 2.33 bits per heavy atom. The Morgan fingerprint density at radius 3 is 2.93 bits per heavy atom. The molecule has 84 valence electrons. The summed E-state index contributed by atoms with van der Waals surface area (Å²) in [6.45, 7) is 8.53. The van der Waals surface area contributed by atoms with Crippen molar-refractivity contribution in [3.63, 3.8) is 0 Å². The second-order valence-electron chi connectivity index (χ2n) is 3.92. The van der Waals surface area contributed by atoms with E-state index < -0.39 is 0 Å². The van der Waals surface area contributed by atoms with Gasteiger partial charge in [0, 0.05) is 5.92 Å². The van der Waals surface area contributed by atoms with Crippen LogP contribution in [0, 0.1) is 5.92 Å². The SMILES string of the molecule is C=CCC1C(OCCO)=CCC(C)=C1C. The second kappa shape index (κ2) is 5.76. The molecule has 0 aromatic heterocycles. The van der Waals surface area contributed by atoms with E-state index in [9.17, 15) is 0 Å². The largest absolute Gasteiger partial charge is 0.495 e. The maximum Gasteiger partial charge on any atom is 0.111 e. The van der Waals surface area contributed by atoms with Gasteiger partial charge in [-0.25, -0.2) is 0 Å².